The highest BCUT2D eigenvalue weighted by atomic mass is 35.5. The molecule has 0 bridgehead atoms. The molecule has 6 heteroatoms. The van der Waals surface area contributed by atoms with E-state index in [0.717, 1.165) is 25.4 Å². The molecule has 2 rings (SSSR count). The Bertz CT molecular complexity index is 349. The van der Waals surface area contributed by atoms with Crippen molar-refractivity contribution in [1.29, 1.82) is 0 Å². The van der Waals surface area contributed by atoms with Crippen molar-refractivity contribution in [3.05, 3.63) is 0 Å². The van der Waals surface area contributed by atoms with Crippen molar-refractivity contribution >= 4 is 21.6 Å². The minimum Gasteiger partial charge on any atom is -0.300 e. The molecule has 4 nitrogen and oxygen atoms in total. The number of alkyl halides is 1. The fourth-order valence-corrected chi connectivity index (χ4v) is 4.10. The summed E-state index contributed by atoms with van der Waals surface area (Å²) in [5.74, 6) is 1.68. The van der Waals surface area contributed by atoms with Gasteiger partial charge in [0.15, 0.2) is 0 Å². The van der Waals surface area contributed by atoms with Crippen molar-refractivity contribution in [1.82, 2.24) is 9.21 Å². The van der Waals surface area contributed by atoms with Gasteiger partial charge in [0.25, 0.3) is 0 Å². The summed E-state index contributed by atoms with van der Waals surface area (Å²) in [5, 5.41) is 0. The van der Waals surface area contributed by atoms with E-state index in [1.165, 1.54) is 19.4 Å². The number of unbranched alkanes of at least 4 members (excludes halogenated alkanes) is 1. The Balaban J connectivity index is 1.73. The molecule has 18 heavy (non-hydrogen) atoms. The fraction of sp³-hybridized carbons (Fsp3) is 1.00. The minimum absolute atomic E-state index is 0.252. The molecule has 0 aromatic rings. The molecule has 0 atom stereocenters. The van der Waals surface area contributed by atoms with Gasteiger partial charge in [0.1, 0.15) is 0 Å². The number of nitrogens with zero attached hydrogens (tertiary/aromatic N) is 2. The Kier molecular flexibility index (Phi) is 5.30. The van der Waals surface area contributed by atoms with Gasteiger partial charge < -0.3 is 4.90 Å². The lowest BCUT2D eigenvalue weighted by Crippen LogP contribution is -2.49. The highest BCUT2D eigenvalue weighted by Crippen LogP contribution is 2.30. The lowest BCUT2D eigenvalue weighted by atomic mass is 10.3. The van der Waals surface area contributed by atoms with E-state index < -0.39 is 10.0 Å². The average Bonchev–Trinajstić information content (AvgIpc) is 3.14. The first kappa shape index (κ1) is 14.6. The zero-order valence-corrected chi connectivity index (χ0v) is 12.4. The predicted octanol–water partition coefficient (Wildman–Crippen LogP) is 1.36. The van der Waals surface area contributed by atoms with Crippen LogP contribution in [0.2, 0.25) is 0 Å². The Hall–Kier alpha value is 0.160. The fourth-order valence-electron chi connectivity index (χ4n) is 2.36. The Morgan fingerprint density at radius 3 is 2.28 bits per heavy atom. The molecule has 1 saturated heterocycles. The van der Waals surface area contributed by atoms with Gasteiger partial charge in [-0.05, 0) is 31.6 Å². The van der Waals surface area contributed by atoms with Gasteiger partial charge in [0.2, 0.25) is 10.0 Å². The summed E-state index contributed by atoms with van der Waals surface area (Å²) in [6, 6.07) is 0. The summed E-state index contributed by atoms with van der Waals surface area (Å²) in [4.78, 5) is 2.41. The monoisotopic (exact) mass is 294 g/mol. The van der Waals surface area contributed by atoms with Crippen molar-refractivity contribution in [2.45, 2.75) is 25.7 Å². The van der Waals surface area contributed by atoms with Crippen LogP contribution in [0.5, 0.6) is 0 Å². The first-order chi connectivity index (χ1) is 8.62. The summed E-state index contributed by atoms with van der Waals surface area (Å²) in [5.41, 5.74) is 0. The second-order valence-electron chi connectivity index (χ2n) is 5.36. The van der Waals surface area contributed by atoms with Crippen LogP contribution in [0.25, 0.3) is 0 Å². The number of piperazine rings is 1. The second-order valence-corrected chi connectivity index (χ2v) is 7.82. The topological polar surface area (TPSA) is 40.6 Å². The standard InChI is InChI=1S/C12H23ClN2O2S/c13-5-1-2-10-18(16,17)15-8-6-14(7-9-15)11-12-3-4-12/h12H,1-11H2. The second kappa shape index (κ2) is 6.55. The zero-order chi connectivity index (χ0) is 13.0. The molecule has 1 aliphatic carbocycles. The quantitative estimate of drug-likeness (QED) is 0.526. The summed E-state index contributed by atoms with van der Waals surface area (Å²) in [6.45, 7) is 4.28. The molecule has 0 N–H and O–H groups in total. The van der Waals surface area contributed by atoms with E-state index in [2.05, 4.69) is 4.90 Å². The number of sulfonamides is 1. The van der Waals surface area contributed by atoms with E-state index in [9.17, 15) is 8.42 Å². The molecule has 106 valence electrons. The summed E-state index contributed by atoms with van der Waals surface area (Å²) in [7, 11) is -3.04. The van der Waals surface area contributed by atoms with Crippen LogP contribution < -0.4 is 0 Å². The van der Waals surface area contributed by atoms with Gasteiger partial charge in [-0.1, -0.05) is 0 Å². The van der Waals surface area contributed by atoms with Crippen LogP contribution in [0.4, 0.5) is 0 Å². The van der Waals surface area contributed by atoms with Gasteiger partial charge >= 0.3 is 0 Å². The maximum Gasteiger partial charge on any atom is 0.214 e. The molecule has 0 aromatic carbocycles. The maximum absolute atomic E-state index is 12.1. The third kappa shape index (κ3) is 4.37. The number of hydrogen-bond donors (Lipinski definition) is 0. The maximum atomic E-state index is 12.1. The lowest BCUT2D eigenvalue weighted by Gasteiger charge is -2.34. The molecule has 2 aliphatic rings. The molecule has 1 aliphatic heterocycles. The van der Waals surface area contributed by atoms with Gasteiger partial charge in [-0.2, -0.15) is 4.31 Å². The summed E-state index contributed by atoms with van der Waals surface area (Å²) < 4.78 is 25.8. The Labute approximate surface area is 115 Å². The van der Waals surface area contributed by atoms with Crippen molar-refractivity contribution in [3.63, 3.8) is 0 Å². The van der Waals surface area contributed by atoms with Crippen LogP contribution >= 0.6 is 11.6 Å². The molecular weight excluding hydrogens is 272 g/mol. The van der Waals surface area contributed by atoms with Gasteiger partial charge in [0.05, 0.1) is 5.75 Å². The molecule has 0 aromatic heterocycles. The highest BCUT2D eigenvalue weighted by Gasteiger charge is 2.29. The third-order valence-corrected chi connectivity index (χ3v) is 5.95. The largest absolute Gasteiger partial charge is 0.300 e. The van der Waals surface area contributed by atoms with E-state index in [-0.39, 0.29) is 5.75 Å². The van der Waals surface area contributed by atoms with Crippen molar-refractivity contribution in [3.8, 4) is 0 Å². The van der Waals surface area contributed by atoms with Crippen molar-refractivity contribution in [2.24, 2.45) is 5.92 Å². The molecule has 0 unspecified atom stereocenters. The van der Waals surface area contributed by atoms with Gasteiger partial charge in [0, 0.05) is 38.6 Å². The minimum atomic E-state index is -3.04. The van der Waals surface area contributed by atoms with Crippen molar-refractivity contribution in [2.75, 3.05) is 44.4 Å². The number of rotatable bonds is 7. The lowest BCUT2D eigenvalue weighted by molar-refractivity contribution is 0.182. The number of hydrogen-bond acceptors (Lipinski definition) is 3. The number of halogens is 1. The molecule has 0 radical (unpaired) electrons. The van der Waals surface area contributed by atoms with Crippen LogP contribution in [0.1, 0.15) is 25.7 Å². The summed E-state index contributed by atoms with van der Waals surface area (Å²) >= 11 is 5.57. The molecule has 0 amide bonds. The Morgan fingerprint density at radius 2 is 1.72 bits per heavy atom. The smallest absolute Gasteiger partial charge is 0.214 e. The van der Waals surface area contributed by atoms with E-state index in [0.29, 0.717) is 25.4 Å². The molecule has 2 fully saturated rings. The average molecular weight is 295 g/mol. The molecule has 1 saturated carbocycles. The van der Waals surface area contributed by atoms with E-state index in [4.69, 9.17) is 11.6 Å². The zero-order valence-electron chi connectivity index (χ0n) is 10.9. The van der Waals surface area contributed by atoms with Crippen molar-refractivity contribution < 1.29 is 8.42 Å². The molecule has 0 spiro atoms. The molecule has 1 heterocycles. The predicted molar refractivity (Wildman–Crippen MR) is 74.5 cm³/mol. The molecular formula is C12H23ClN2O2S. The van der Waals surface area contributed by atoms with Crippen LogP contribution in [0.3, 0.4) is 0 Å². The third-order valence-electron chi connectivity index (χ3n) is 3.72. The Morgan fingerprint density at radius 1 is 1.06 bits per heavy atom. The summed E-state index contributed by atoms with van der Waals surface area (Å²) in [6.07, 6.45) is 4.17. The van der Waals surface area contributed by atoms with Gasteiger partial charge in [-0.15, -0.1) is 11.6 Å². The van der Waals surface area contributed by atoms with E-state index in [1.807, 2.05) is 0 Å². The van der Waals surface area contributed by atoms with Gasteiger partial charge in [-0.25, -0.2) is 8.42 Å². The highest BCUT2D eigenvalue weighted by molar-refractivity contribution is 7.89. The van der Waals surface area contributed by atoms with Crippen LogP contribution in [0, 0.1) is 5.92 Å². The van der Waals surface area contributed by atoms with E-state index >= 15 is 0 Å². The first-order valence-corrected chi connectivity index (χ1v) is 9.02. The normalized spacial score (nSPS) is 23.4. The van der Waals surface area contributed by atoms with Crippen LogP contribution in [0.15, 0.2) is 0 Å². The van der Waals surface area contributed by atoms with Gasteiger partial charge in [-0.3, -0.25) is 0 Å². The SMILES string of the molecule is O=S(=O)(CCCCCl)N1CCN(CC2CC2)CC1. The first-order valence-electron chi connectivity index (χ1n) is 6.88. The van der Waals surface area contributed by atoms with Crippen LogP contribution in [-0.2, 0) is 10.0 Å². The van der Waals surface area contributed by atoms with E-state index in [1.54, 1.807) is 4.31 Å². The van der Waals surface area contributed by atoms with Crippen LogP contribution in [-0.4, -0.2) is 62.0 Å².